The largest absolute Gasteiger partial charge is 0.390 e. The number of carbonyl (C=O) groups is 1. The van der Waals surface area contributed by atoms with Gasteiger partial charge in [-0.3, -0.25) is 9.20 Å². The summed E-state index contributed by atoms with van der Waals surface area (Å²) < 4.78 is 38.8. The van der Waals surface area contributed by atoms with Gasteiger partial charge in [0.1, 0.15) is 0 Å². The van der Waals surface area contributed by atoms with Gasteiger partial charge in [0.15, 0.2) is 11.5 Å². The second kappa shape index (κ2) is 7.55. The number of aromatic nitrogens is 3. The number of carbonyl (C=O) groups excluding carboxylic acids is 1. The number of fused-ring (bicyclic) bond motifs is 1. The lowest BCUT2D eigenvalue weighted by atomic mass is 10.1. The fraction of sp³-hybridized carbons (Fsp3) is 0.316. The minimum absolute atomic E-state index is 0.206. The molecule has 0 radical (unpaired) electrons. The number of rotatable bonds is 6. The van der Waals surface area contributed by atoms with Crippen molar-refractivity contribution in [2.24, 2.45) is 0 Å². The van der Waals surface area contributed by atoms with Crippen LogP contribution in [0.2, 0.25) is 5.02 Å². The topological polar surface area (TPSA) is 71.3 Å². The number of hydrogen-bond donors (Lipinski definition) is 2. The summed E-state index contributed by atoms with van der Waals surface area (Å²) in [7, 11) is 0. The second-order valence-electron chi connectivity index (χ2n) is 6.85. The predicted molar refractivity (Wildman–Crippen MR) is 103 cm³/mol. The Bertz CT molecular complexity index is 1060. The van der Waals surface area contributed by atoms with Crippen LogP contribution in [0, 0.1) is 0 Å². The summed E-state index contributed by atoms with van der Waals surface area (Å²) in [5.41, 5.74) is 2.19. The number of hydrogen-bond acceptors (Lipinski definition) is 4. The molecular formula is C19H17ClF3N5O. The molecule has 4 rings (SSSR count). The summed E-state index contributed by atoms with van der Waals surface area (Å²) in [5.74, 6) is 0.0528. The third-order valence-corrected chi connectivity index (χ3v) is 4.86. The fourth-order valence-electron chi connectivity index (χ4n) is 2.93. The number of alkyl halides is 3. The molecule has 1 fully saturated rings. The number of amides is 1. The van der Waals surface area contributed by atoms with E-state index in [9.17, 15) is 18.0 Å². The molecule has 6 nitrogen and oxygen atoms in total. The van der Waals surface area contributed by atoms with Gasteiger partial charge in [-0.05, 0) is 25.0 Å². The van der Waals surface area contributed by atoms with Gasteiger partial charge < -0.3 is 10.6 Å². The summed E-state index contributed by atoms with van der Waals surface area (Å²) in [6, 6.07) is 5.31. The maximum Gasteiger partial charge on any atom is 0.390 e. The molecule has 2 N–H and O–H groups in total. The Morgan fingerprint density at radius 1 is 1.28 bits per heavy atom. The molecule has 3 aromatic rings. The number of nitrogens with one attached hydrogen (secondary N) is 2. The zero-order valence-corrected chi connectivity index (χ0v) is 15.9. The van der Waals surface area contributed by atoms with Gasteiger partial charge >= 0.3 is 6.18 Å². The number of benzene rings is 1. The highest BCUT2D eigenvalue weighted by Crippen LogP contribution is 2.29. The molecule has 1 amide bonds. The van der Waals surface area contributed by atoms with Crippen LogP contribution in [0.4, 0.5) is 19.0 Å². The molecule has 1 aliphatic rings. The molecule has 1 aliphatic carbocycles. The van der Waals surface area contributed by atoms with Crippen LogP contribution in [-0.4, -0.2) is 39.0 Å². The van der Waals surface area contributed by atoms with Gasteiger partial charge in [0.05, 0.1) is 28.9 Å². The molecule has 2 heterocycles. The van der Waals surface area contributed by atoms with Gasteiger partial charge in [0.25, 0.3) is 5.91 Å². The van der Waals surface area contributed by atoms with Crippen molar-refractivity contribution in [3.8, 4) is 11.3 Å². The van der Waals surface area contributed by atoms with Crippen molar-refractivity contribution < 1.29 is 18.0 Å². The molecule has 2 aromatic heterocycles. The molecule has 1 saturated carbocycles. The summed E-state index contributed by atoms with van der Waals surface area (Å²) in [4.78, 5) is 20.6. The maximum absolute atomic E-state index is 12.4. The van der Waals surface area contributed by atoms with E-state index >= 15 is 0 Å². The van der Waals surface area contributed by atoms with Crippen molar-refractivity contribution in [1.29, 1.82) is 0 Å². The third kappa shape index (κ3) is 4.45. The SMILES string of the molecule is O=C(NC1CC1)c1ccc(-c2cnc3c(NCCC(F)(F)F)nccn23)cc1Cl. The Morgan fingerprint density at radius 2 is 2.07 bits per heavy atom. The van der Waals surface area contributed by atoms with Gasteiger partial charge in [-0.15, -0.1) is 0 Å². The average Bonchev–Trinajstić information content (AvgIpc) is 3.35. The minimum Gasteiger partial charge on any atom is -0.367 e. The third-order valence-electron chi connectivity index (χ3n) is 4.55. The van der Waals surface area contributed by atoms with E-state index in [1.165, 1.54) is 6.20 Å². The van der Waals surface area contributed by atoms with Gasteiger partial charge in [0, 0.05) is 30.5 Å². The number of halogens is 4. The van der Waals surface area contributed by atoms with E-state index in [2.05, 4.69) is 20.6 Å². The molecule has 0 spiro atoms. The summed E-state index contributed by atoms with van der Waals surface area (Å²) in [6.45, 7) is -0.297. The van der Waals surface area contributed by atoms with E-state index in [4.69, 9.17) is 11.6 Å². The smallest absolute Gasteiger partial charge is 0.367 e. The minimum atomic E-state index is -4.25. The summed E-state index contributed by atoms with van der Waals surface area (Å²) in [6.07, 6.45) is 1.47. The molecule has 10 heteroatoms. The lowest BCUT2D eigenvalue weighted by molar-refractivity contribution is -0.131. The van der Waals surface area contributed by atoms with Crippen molar-refractivity contribution in [1.82, 2.24) is 19.7 Å². The Hall–Kier alpha value is -2.81. The summed E-state index contributed by atoms with van der Waals surface area (Å²) in [5, 5.41) is 5.88. The van der Waals surface area contributed by atoms with Crippen molar-refractivity contribution in [3.63, 3.8) is 0 Å². The zero-order chi connectivity index (χ0) is 20.6. The highest BCUT2D eigenvalue weighted by atomic mass is 35.5. The Balaban J connectivity index is 1.58. The number of imidazole rings is 1. The van der Waals surface area contributed by atoms with Crippen LogP contribution in [0.5, 0.6) is 0 Å². The van der Waals surface area contributed by atoms with Crippen LogP contribution in [0.3, 0.4) is 0 Å². The Labute approximate surface area is 169 Å². The predicted octanol–water partition coefficient (Wildman–Crippen LogP) is 4.31. The highest BCUT2D eigenvalue weighted by Gasteiger charge is 2.27. The average molecular weight is 424 g/mol. The van der Waals surface area contributed by atoms with E-state index in [-0.39, 0.29) is 24.3 Å². The van der Waals surface area contributed by atoms with Crippen LogP contribution in [0.15, 0.2) is 36.8 Å². The monoisotopic (exact) mass is 423 g/mol. The molecule has 29 heavy (non-hydrogen) atoms. The van der Waals surface area contributed by atoms with E-state index < -0.39 is 12.6 Å². The first-order valence-electron chi connectivity index (χ1n) is 9.05. The van der Waals surface area contributed by atoms with Crippen LogP contribution in [-0.2, 0) is 0 Å². The maximum atomic E-state index is 12.4. The number of nitrogens with zero attached hydrogens (tertiary/aromatic N) is 3. The van der Waals surface area contributed by atoms with Crippen molar-refractivity contribution >= 4 is 29.0 Å². The highest BCUT2D eigenvalue weighted by molar-refractivity contribution is 6.34. The number of anilines is 1. The lowest BCUT2D eigenvalue weighted by Gasteiger charge is -2.10. The first-order valence-corrected chi connectivity index (χ1v) is 9.43. The van der Waals surface area contributed by atoms with Crippen molar-refractivity contribution in [3.05, 3.63) is 47.4 Å². The van der Waals surface area contributed by atoms with Crippen LogP contribution in [0.1, 0.15) is 29.6 Å². The molecule has 1 aromatic carbocycles. The van der Waals surface area contributed by atoms with Crippen LogP contribution >= 0.6 is 11.6 Å². The molecular weight excluding hydrogens is 407 g/mol. The van der Waals surface area contributed by atoms with Gasteiger partial charge in [0.2, 0.25) is 0 Å². The van der Waals surface area contributed by atoms with Crippen LogP contribution in [0.25, 0.3) is 16.9 Å². The molecule has 0 bridgehead atoms. The van der Waals surface area contributed by atoms with E-state index in [1.807, 2.05) is 0 Å². The first-order chi connectivity index (χ1) is 13.8. The molecule has 0 unspecified atom stereocenters. The molecule has 152 valence electrons. The van der Waals surface area contributed by atoms with Gasteiger partial charge in [-0.2, -0.15) is 13.2 Å². The lowest BCUT2D eigenvalue weighted by Crippen LogP contribution is -2.25. The summed E-state index contributed by atoms with van der Waals surface area (Å²) >= 11 is 6.32. The standard InChI is InChI=1S/C19H17ClF3N5O/c20-14-9-11(1-4-13(14)18(29)27-12-2-3-12)15-10-26-17-16(25-7-8-28(15)17)24-6-5-19(21,22)23/h1,4,7-10,12H,2-3,5-6H2,(H,24,25)(H,27,29). The van der Waals surface area contributed by atoms with Crippen molar-refractivity contribution in [2.75, 3.05) is 11.9 Å². The van der Waals surface area contributed by atoms with E-state index in [0.717, 1.165) is 18.4 Å². The zero-order valence-electron chi connectivity index (χ0n) is 15.1. The second-order valence-corrected chi connectivity index (χ2v) is 7.25. The quantitative estimate of drug-likeness (QED) is 0.620. The van der Waals surface area contributed by atoms with E-state index in [1.54, 1.807) is 35.0 Å². The van der Waals surface area contributed by atoms with Gasteiger partial charge in [-0.1, -0.05) is 17.7 Å². The van der Waals surface area contributed by atoms with Crippen LogP contribution < -0.4 is 10.6 Å². The first kappa shape index (κ1) is 19.5. The Kier molecular flexibility index (Phi) is 5.08. The van der Waals surface area contributed by atoms with Crippen molar-refractivity contribution in [2.45, 2.75) is 31.5 Å². The molecule has 0 aliphatic heterocycles. The molecule has 0 saturated heterocycles. The Morgan fingerprint density at radius 3 is 2.76 bits per heavy atom. The normalized spacial score (nSPS) is 14.2. The van der Waals surface area contributed by atoms with Gasteiger partial charge in [-0.25, -0.2) is 9.97 Å². The fourth-order valence-corrected chi connectivity index (χ4v) is 3.20. The molecule has 0 atom stereocenters. The van der Waals surface area contributed by atoms with E-state index in [0.29, 0.717) is 21.9 Å².